The van der Waals surface area contributed by atoms with Crippen molar-refractivity contribution in [1.82, 2.24) is 19.8 Å². The molecule has 4 rings (SSSR count). The highest BCUT2D eigenvalue weighted by atomic mass is 35.5. The van der Waals surface area contributed by atoms with Crippen molar-refractivity contribution < 1.29 is 9.59 Å². The average molecular weight is 540 g/mol. The second kappa shape index (κ2) is 14.1. The number of halogens is 1. The third-order valence-corrected chi connectivity index (χ3v) is 6.72. The van der Waals surface area contributed by atoms with Gasteiger partial charge in [0.1, 0.15) is 0 Å². The fourth-order valence-corrected chi connectivity index (χ4v) is 4.80. The van der Waals surface area contributed by atoms with Crippen LogP contribution in [0, 0.1) is 5.92 Å². The summed E-state index contributed by atoms with van der Waals surface area (Å²) in [5.74, 6) is 0.466. The molecule has 0 saturated carbocycles. The van der Waals surface area contributed by atoms with Gasteiger partial charge in [0.25, 0.3) is 5.56 Å². The molecule has 0 atom stereocenters. The van der Waals surface area contributed by atoms with Crippen LogP contribution in [-0.4, -0.2) is 52.4 Å². The molecule has 0 spiro atoms. The molecule has 0 radical (unpaired) electrons. The highest BCUT2D eigenvalue weighted by molar-refractivity contribution is 5.94. The molecule has 0 saturated heterocycles. The van der Waals surface area contributed by atoms with Gasteiger partial charge >= 0.3 is 0 Å². The third kappa shape index (κ3) is 7.42. The van der Waals surface area contributed by atoms with E-state index in [0.29, 0.717) is 75.9 Å². The van der Waals surface area contributed by atoms with Gasteiger partial charge in [-0.25, -0.2) is 4.98 Å². The molecular weight excluding hydrogens is 502 g/mol. The third-order valence-electron chi connectivity index (χ3n) is 6.72. The van der Waals surface area contributed by atoms with E-state index in [9.17, 15) is 14.4 Å². The standard InChI is InChI=1S/C29H37N5O3.ClH/c1-22(2)19-28(36)34-17-8-16-32(18-14-30-20-23-9-3-6-12-26(23)34)27(35)13-7-15-33-21-31-25-11-5-4-10-24(25)29(33)37;/h3-6,9-12,21-22,30H,7-8,13-20H2,1-2H3;1H. The molecule has 0 unspecified atom stereocenters. The number of benzene rings is 2. The van der Waals surface area contributed by atoms with Gasteiger partial charge in [-0.05, 0) is 42.5 Å². The number of hydrogen-bond acceptors (Lipinski definition) is 5. The van der Waals surface area contributed by atoms with Crippen LogP contribution in [0.25, 0.3) is 10.9 Å². The fraction of sp³-hybridized carbons (Fsp3) is 0.448. The summed E-state index contributed by atoms with van der Waals surface area (Å²) in [5, 5.41) is 4.03. The molecule has 2 heterocycles. The first-order valence-corrected chi connectivity index (χ1v) is 13.2. The summed E-state index contributed by atoms with van der Waals surface area (Å²) in [7, 11) is 0. The monoisotopic (exact) mass is 539 g/mol. The summed E-state index contributed by atoms with van der Waals surface area (Å²) in [6.45, 7) is 7.64. The Bertz CT molecular complexity index is 1290. The number of nitrogens with one attached hydrogen (secondary N) is 1. The van der Waals surface area contributed by atoms with E-state index in [4.69, 9.17) is 0 Å². The predicted octanol–water partition coefficient (Wildman–Crippen LogP) is 4.00. The first-order valence-electron chi connectivity index (χ1n) is 13.2. The summed E-state index contributed by atoms with van der Waals surface area (Å²) in [5.41, 5.74) is 2.64. The number of aryl methyl sites for hydroxylation is 1. The first-order chi connectivity index (χ1) is 17.9. The summed E-state index contributed by atoms with van der Waals surface area (Å²) >= 11 is 0. The Morgan fingerprint density at radius 2 is 1.76 bits per heavy atom. The van der Waals surface area contributed by atoms with Crippen molar-refractivity contribution in [3.05, 3.63) is 70.8 Å². The Morgan fingerprint density at radius 1 is 1.00 bits per heavy atom. The largest absolute Gasteiger partial charge is 0.341 e. The van der Waals surface area contributed by atoms with Gasteiger partial charge in [0.2, 0.25) is 11.8 Å². The minimum absolute atomic E-state index is 0. The van der Waals surface area contributed by atoms with Crippen molar-refractivity contribution in [3.8, 4) is 0 Å². The van der Waals surface area contributed by atoms with E-state index in [2.05, 4.69) is 30.2 Å². The van der Waals surface area contributed by atoms with Crippen molar-refractivity contribution in [2.75, 3.05) is 31.1 Å². The van der Waals surface area contributed by atoms with Crippen LogP contribution in [0.1, 0.15) is 45.1 Å². The minimum Gasteiger partial charge on any atom is -0.341 e. The average Bonchev–Trinajstić information content (AvgIpc) is 2.93. The number of fused-ring (bicyclic) bond motifs is 2. The summed E-state index contributed by atoms with van der Waals surface area (Å²) in [6, 6.07) is 15.3. The van der Waals surface area contributed by atoms with Crippen molar-refractivity contribution in [2.24, 2.45) is 5.92 Å². The molecule has 3 aromatic rings. The van der Waals surface area contributed by atoms with E-state index in [1.807, 2.05) is 46.2 Å². The maximum atomic E-state index is 13.1. The first kappa shape index (κ1) is 29.3. The smallest absolute Gasteiger partial charge is 0.261 e. The van der Waals surface area contributed by atoms with Crippen LogP contribution in [0.2, 0.25) is 0 Å². The van der Waals surface area contributed by atoms with Gasteiger partial charge in [0.15, 0.2) is 0 Å². The van der Waals surface area contributed by atoms with E-state index >= 15 is 0 Å². The van der Waals surface area contributed by atoms with Gasteiger partial charge in [0.05, 0.1) is 17.2 Å². The lowest BCUT2D eigenvalue weighted by Crippen LogP contribution is -2.39. The molecule has 2 aromatic carbocycles. The number of anilines is 1. The number of nitrogens with zero attached hydrogens (tertiary/aromatic N) is 4. The Labute approximate surface area is 230 Å². The topological polar surface area (TPSA) is 87.5 Å². The van der Waals surface area contributed by atoms with Gasteiger partial charge in [-0.3, -0.25) is 19.0 Å². The number of amides is 2. The molecule has 1 aromatic heterocycles. The Morgan fingerprint density at radius 3 is 2.58 bits per heavy atom. The SMILES string of the molecule is CC(C)CC(=O)N1CCCN(C(=O)CCCn2cnc3ccccc3c2=O)CCNCc2ccccc21.Cl. The summed E-state index contributed by atoms with van der Waals surface area (Å²) < 4.78 is 1.58. The number of hydrogen-bond donors (Lipinski definition) is 1. The molecule has 0 fully saturated rings. The number of carbonyl (C=O) groups excluding carboxylic acids is 2. The lowest BCUT2D eigenvalue weighted by molar-refractivity contribution is -0.131. The number of aromatic nitrogens is 2. The molecule has 38 heavy (non-hydrogen) atoms. The molecule has 1 aliphatic rings. The second-order valence-corrected chi connectivity index (χ2v) is 10.0. The normalized spacial score (nSPS) is 14.5. The highest BCUT2D eigenvalue weighted by Gasteiger charge is 2.21. The molecule has 2 amide bonds. The van der Waals surface area contributed by atoms with Crippen molar-refractivity contribution in [2.45, 2.75) is 52.6 Å². The number of carbonyl (C=O) groups is 2. The van der Waals surface area contributed by atoms with E-state index < -0.39 is 0 Å². The zero-order valence-corrected chi connectivity index (χ0v) is 23.1. The Balaban J connectivity index is 0.00000400. The lowest BCUT2D eigenvalue weighted by Gasteiger charge is -2.27. The zero-order chi connectivity index (χ0) is 26.2. The number of para-hydroxylation sites is 2. The van der Waals surface area contributed by atoms with Crippen molar-refractivity contribution in [3.63, 3.8) is 0 Å². The van der Waals surface area contributed by atoms with Gasteiger partial charge in [-0.2, -0.15) is 0 Å². The summed E-state index contributed by atoms with van der Waals surface area (Å²) in [4.78, 5) is 47.1. The van der Waals surface area contributed by atoms with Crippen molar-refractivity contribution >= 4 is 40.8 Å². The van der Waals surface area contributed by atoms with E-state index in [0.717, 1.165) is 11.3 Å². The van der Waals surface area contributed by atoms with Crippen LogP contribution >= 0.6 is 12.4 Å². The van der Waals surface area contributed by atoms with E-state index in [1.54, 1.807) is 17.0 Å². The second-order valence-electron chi connectivity index (χ2n) is 10.0. The highest BCUT2D eigenvalue weighted by Crippen LogP contribution is 2.23. The Hall–Kier alpha value is -3.23. The van der Waals surface area contributed by atoms with Crippen LogP contribution in [-0.2, 0) is 22.7 Å². The molecule has 1 N–H and O–H groups in total. The zero-order valence-electron chi connectivity index (χ0n) is 22.3. The lowest BCUT2D eigenvalue weighted by atomic mass is 10.1. The van der Waals surface area contributed by atoms with Crippen LogP contribution in [0.4, 0.5) is 5.69 Å². The molecular formula is C29H38ClN5O3. The fourth-order valence-electron chi connectivity index (χ4n) is 4.80. The quantitative estimate of drug-likeness (QED) is 0.511. The summed E-state index contributed by atoms with van der Waals surface area (Å²) in [6.07, 6.45) is 3.68. The van der Waals surface area contributed by atoms with Crippen LogP contribution in [0.5, 0.6) is 0 Å². The van der Waals surface area contributed by atoms with Crippen LogP contribution in [0.15, 0.2) is 59.7 Å². The Kier molecular flexibility index (Phi) is 10.9. The molecule has 204 valence electrons. The molecule has 0 bridgehead atoms. The van der Waals surface area contributed by atoms with Crippen molar-refractivity contribution in [1.29, 1.82) is 0 Å². The van der Waals surface area contributed by atoms with Gasteiger partial charge in [-0.15, -0.1) is 12.4 Å². The number of rotatable bonds is 6. The molecule has 8 nitrogen and oxygen atoms in total. The van der Waals surface area contributed by atoms with Crippen LogP contribution < -0.4 is 15.8 Å². The predicted molar refractivity (Wildman–Crippen MR) is 154 cm³/mol. The van der Waals surface area contributed by atoms with E-state index in [1.165, 1.54) is 0 Å². The van der Waals surface area contributed by atoms with Crippen LogP contribution in [0.3, 0.4) is 0 Å². The van der Waals surface area contributed by atoms with Gasteiger partial charge < -0.3 is 15.1 Å². The maximum Gasteiger partial charge on any atom is 0.261 e. The molecule has 0 aliphatic carbocycles. The minimum atomic E-state index is -0.0804. The van der Waals surface area contributed by atoms with E-state index in [-0.39, 0.29) is 35.7 Å². The molecule has 1 aliphatic heterocycles. The molecule has 9 heteroatoms. The van der Waals surface area contributed by atoms with Gasteiger partial charge in [-0.1, -0.05) is 44.2 Å². The van der Waals surface area contributed by atoms with Gasteiger partial charge in [0, 0.05) is 57.8 Å². The maximum absolute atomic E-state index is 13.1.